The Balaban J connectivity index is 0.000000256. The minimum atomic E-state index is -3.23. The summed E-state index contributed by atoms with van der Waals surface area (Å²) in [7, 11) is -6.44. The van der Waals surface area contributed by atoms with Gasteiger partial charge in [-0.15, -0.1) is 0 Å². The number of phenols is 1. The summed E-state index contributed by atoms with van der Waals surface area (Å²) in [6, 6.07) is 24.1. The molecule has 0 saturated heterocycles. The number of aliphatic imine (C=N–C) groups is 1. The van der Waals surface area contributed by atoms with Gasteiger partial charge in [-0.2, -0.15) is 0 Å². The second kappa shape index (κ2) is 19.3. The fourth-order valence-electron chi connectivity index (χ4n) is 5.15. The van der Waals surface area contributed by atoms with Crippen LogP contribution < -0.4 is 37.5 Å². The Labute approximate surface area is 322 Å². The second-order valence-electron chi connectivity index (χ2n) is 13.3. The van der Waals surface area contributed by atoms with E-state index in [-0.39, 0.29) is 42.4 Å². The van der Waals surface area contributed by atoms with Gasteiger partial charge in [-0.1, -0.05) is 7.43 Å². The van der Waals surface area contributed by atoms with Crippen LogP contribution in [0.2, 0.25) is 0 Å². The highest BCUT2D eigenvalue weighted by molar-refractivity contribution is 7.91. The normalized spacial score (nSPS) is 14.3. The Bertz CT molecular complexity index is 2100. The van der Waals surface area contributed by atoms with Crippen molar-refractivity contribution in [2.45, 2.75) is 61.8 Å². The van der Waals surface area contributed by atoms with E-state index < -0.39 is 19.7 Å². The Morgan fingerprint density at radius 3 is 1.65 bits per heavy atom. The number of rotatable bonds is 18. The molecule has 0 aliphatic heterocycles. The molecule has 9 N–H and O–H groups in total. The zero-order valence-electron chi connectivity index (χ0n) is 29.6. The number of nitrogens with one attached hydrogen (secondary N) is 2. The van der Waals surface area contributed by atoms with E-state index >= 15 is 0 Å². The average Bonchev–Trinajstić information content (AvgIpc) is 4.09. The number of nitrogens with two attached hydrogens (primary N) is 3. The number of ether oxygens (including phenoxy) is 2. The minimum Gasteiger partial charge on any atom is -0.506 e. The molecule has 296 valence electrons. The summed E-state index contributed by atoms with van der Waals surface area (Å²) in [5.41, 5.74) is 23.0. The molecule has 55 heavy (non-hydrogen) atoms. The predicted octanol–water partition coefficient (Wildman–Crippen LogP) is 5.79. The van der Waals surface area contributed by atoms with Gasteiger partial charge in [0.2, 0.25) is 0 Å². The van der Waals surface area contributed by atoms with Gasteiger partial charge >= 0.3 is 0 Å². The second-order valence-corrected chi connectivity index (χ2v) is 17.4. The summed E-state index contributed by atoms with van der Waals surface area (Å²) >= 11 is 0. The van der Waals surface area contributed by atoms with Gasteiger partial charge in [-0.3, -0.25) is 4.99 Å². The van der Waals surface area contributed by atoms with E-state index in [1.54, 1.807) is 84.9 Å². The SMILES string of the molecule is C.NC(N)=NCCC[C@@H](C=O)NNc1ccc(Oc2ccc(S(=O)(=O)CC3CC3)cc2)cc1.Nc1ccc(Oc2ccc(S(=O)(=O)CC3CC3)cc2)cc1O. The summed E-state index contributed by atoms with van der Waals surface area (Å²) < 4.78 is 60.3. The number of aromatic hydroxyl groups is 1. The number of guanidine groups is 1. The van der Waals surface area contributed by atoms with Crippen molar-refractivity contribution in [3.63, 3.8) is 0 Å². The summed E-state index contributed by atoms with van der Waals surface area (Å²) in [5, 5.41) is 9.53. The lowest BCUT2D eigenvalue weighted by molar-refractivity contribution is -0.109. The van der Waals surface area contributed by atoms with Crippen molar-refractivity contribution in [1.82, 2.24) is 5.43 Å². The fraction of sp³-hybridized carbons (Fsp3) is 0.333. The van der Waals surface area contributed by atoms with Crippen LogP contribution in [0.1, 0.15) is 46.0 Å². The van der Waals surface area contributed by atoms with E-state index in [9.17, 15) is 26.7 Å². The van der Waals surface area contributed by atoms with Crippen LogP contribution in [0.4, 0.5) is 11.4 Å². The van der Waals surface area contributed by atoms with E-state index in [1.807, 2.05) is 0 Å². The summed E-state index contributed by atoms with van der Waals surface area (Å²) in [6.45, 7) is 0.466. The molecule has 16 heteroatoms. The van der Waals surface area contributed by atoms with E-state index in [2.05, 4.69) is 15.8 Å². The molecule has 2 fully saturated rings. The van der Waals surface area contributed by atoms with Gasteiger partial charge in [-0.25, -0.2) is 22.3 Å². The fourth-order valence-corrected chi connectivity index (χ4v) is 8.54. The van der Waals surface area contributed by atoms with Crippen molar-refractivity contribution >= 4 is 43.3 Å². The van der Waals surface area contributed by atoms with Gasteiger partial charge in [-0.05, 0) is 135 Å². The lowest BCUT2D eigenvalue weighted by atomic mass is 10.2. The molecule has 1 atom stereocenters. The number of carbonyl (C=O) groups is 1. The van der Waals surface area contributed by atoms with Gasteiger partial charge in [0.25, 0.3) is 0 Å². The van der Waals surface area contributed by atoms with Crippen LogP contribution in [0, 0.1) is 11.8 Å². The molecule has 0 bridgehead atoms. The molecule has 0 amide bonds. The number of hydrogen-bond donors (Lipinski definition) is 6. The number of sulfone groups is 2. The van der Waals surface area contributed by atoms with Crippen LogP contribution in [0.15, 0.2) is 106 Å². The minimum absolute atomic E-state index is 0. The molecule has 0 unspecified atom stereocenters. The van der Waals surface area contributed by atoms with Gasteiger partial charge in [0.1, 0.15) is 35.0 Å². The lowest BCUT2D eigenvalue weighted by Crippen LogP contribution is -2.35. The van der Waals surface area contributed by atoms with Crippen molar-refractivity contribution in [2.75, 3.05) is 29.2 Å². The number of anilines is 2. The number of carbonyl (C=O) groups excluding carboxylic acids is 1. The largest absolute Gasteiger partial charge is 0.506 e. The van der Waals surface area contributed by atoms with Gasteiger partial charge in [0.05, 0.1) is 33.0 Å². The molecule has 2 aliphatic rings. The molecule has 2 saturated carbocycles. The number of nitrogen functional groups attached to an aromatic ring is 1. The molecule has 0 spiro atoms. The molecule has 4 aromatic carbocycles. The Morgan fingerprint density at radius 1 is 0.764 bits per heavy atom. The smallest absolute Gasteiger partial charge is 0.185 e. The maximum absolute atomic E-state index is 12.3. The van der Waals surface area contributed by atoms with Crippen LogP contribution in [-0.4, -0.2) is 58.3 Å². The van der Waals surface area contributed by atoms with E-state index in [0.29, 0.717) is 64.0 Å². The first-order chi connectivity index (χ1) is 25.8. The quantitative estimate of drug-likeness (QED) is 0.0133. The molecule has 0 radical (unpaired) electrons. The maximum atomic E-state index is 12.3. The number of hydrazine groups is 1. The standard InChI is InChI=1S/C22H29N5O4S.C16H17NO4S.CH4/c23-22(24)25-13-1-2-18(14-28)27-26-17-5-7-19(8-6-17)31-20-9-11-21(12-10-20)32(29,30)15-16-3-4-16;17-15-8-5-13(9-16(15)18)21-12-3-6-14(7-4-12)22(19,20)10-11-1-2-11;/h5-12,14,16,18,26-27H,1-4,13,15H2,(H4,23,24,25);3-9,11,18H,1-2,10,17H2;1H4/t18-;;/m0../s1. The molecular weight excluding hydrogens is 745 g/mol. The Hall–Kier alpha value is -5.32. The third-order valence-corrected chi connectivity index (χ3v) is 12.3. The van der Waals surface area contributed by atoms with Crippen LogP contribution in [0.25, 0.3) is 0 Å². The van der Waals surface area contributed by atoms with Crippen LogP contribution >= 0.6 is 0 Å². The first-order valence-corrected chi connectivity index (χ1v) is 20.8. The average molecular weight is 795 g/mol. The maximum Gasteiger partial charge on any atom is 0.185 e. The monoisotopic (exact) mass is 794 g/mol. The van der Waals surface area contributed by atoms with Gasteiger partial charge in [0, 0.05) is 18.3 Å². The predicted molar refractivity (Wildman–Crippen MR) is 215 cm³/mol. The molecule has 4 aromatic rings. The van der Waals surface area contributed by atoms with Gasteiger partial charge in [0.15, 0.2) is 25.6 Å². The van der Waals surface area contributed by atoms with Gasteiger partial charge < -0.3 is 42.0 Å². The van der Waals surface area contributed by atoms with Crippen molar-refractivity contribution in [3.05, 3.63) is 91.0 Å². The molecule has 0 aromatic heterocycles. The van der Waals surface area contributed by atoms with Crippen molar-refractivity contribution in [1.29, 1.82) is 0 Å². The highest BCUT2D eigenvalue weighted by Gasteiger charge is 2.30. The van der Waals surface area contributed by atoms with Crippen molar-refractivity contribution in [2.24, 2.45) is 28.3 Å². The van der Waals surface area contributed by atoms with Crippen LogP contribution in [-0.2, 0) is 24.5 Å². The summed E-state index contributed by atoms with van der Waals surface area (Å²) in [5.74, 6) is 3.13. The summed E-state index contributed by atoms with van der Waals surface area (Å²) in [4.78, 5) is 15.7. The molecule has 2 aliphatic carbocycles. The van der Waals surface area contributed by atoms with E-state index in [1.165, 1.54) is 6.07 Å². The first kappa shape index (κ1) is 42.4. The summed E-state index contributed by atoms with van der Waals surface area (Å²) in [6.07, 6.45) is 6.08. The van der Waals surface area contributed by atoms with Crippen LogP contribution in [0.5, 0.6) is 28.7 Å². The Morgan fingerprint density at radius 2 is 1.22 bits per heavy atom. The van der Waals surface area contributed by atoms with Crippen molar-refractivity contribution in [3.8, 4) is 28.7 Å². The first-order valence-electron chi connectivity index (χ1n) is 17.5. The third kappa shape index (κ3) is 13.8. The lowest BCUT2D eigenvalue weighted by Gasteiger charge is -2.14. The molecule has 14 nitrogen and oxygen atoms in total. The number of nitrogens with zero attached hydrogens (tertiary/aromatic N) is 1. The molecule has 6 rings (SSSR count). The van der Waals surface area contributed by atoms with Crippen LogP contribution in [0.3, 0.4) is 0 Å². The zero-order valence-corrected chi connectivity index (χ0v) is 31.3. The highest BCUT2D eigenvalue weighted by atomic mass is 32.2. The topological polar surface area (TPSA) is 239 Å². The molecule has 0 heterocycles. The van der Waals surface area contributed by atoms with E-state index in [0.717, 1.165) is 37.7 Å². The number of phenolic OH excluding ortho intramolecular Hbond substituents is 1. The number of benzene rings is 4. The molecular formula is C39H50N6O8S2. The third-order valence-electron chi connectivity index (χ3n) is 8.53. The highest BCUT2D eigenvalue weighted by Crippen LogP contribution is 2.34. The zero-order chi connectivity index (χ0) is 38.7. The number of hydrogen-bond acceptors (Lipinski definition) is 12. The number of aldehydes is 1. The Kier molecular flexibility index (Phi) is 14.9. The van der Waals surface area contributed by atoms with Crippen molar-refractivity contribution < 1.29 is 36.2 Å². The van der Waals surface area contributed by atoms with E-state index in [4.69, 9.17) is 26.7 Å².